The standard InChI is InChI=1S/C14H11BrFNO3/c1-8-3-4-13(10(15)5-8)20-14-6-9(2)11(16)7-12(14)17(18)19/h3-7H,1-2H3. The lowest BCUT2D eigenvalue weighted by Gasteiger charge is -2.10. The molecular formula is C14H11BrFNO3. The second kappa shape index (κ2) is 5.58. The second-order valence-corrected chi connectivity index (χ2v) is 5.22. The lowest BCUT2D eigenvalue weighted by Crippen LogP contribution is -1.96. The number of nitrogens with zero attached hydrogens (tertiary/aromatic N) is 1. The van der Waals surface area contributed by atoms with Crippen LogP contribution in [0, 0.1) is 29.8 Å². The molecule has 0 N–H and O–H groups in total. The van der Waals surface area contributed by atoms with Crippen LogP contribution in [-0.2, 0) is 0 Å². The first kappa shape index (κ1) is 14.5. The van der Waals surface area contributed by atoms with E-state index in [0.29, 0.717) is 10.2 Å². The minimum atomic E-state index is -0.667. The van der Waals surface area contributed by atoms with Crippen molar-refractivity contribution in [2.24, 2.45) is 0 Å². The van der Waals surface area contributed by atoms with Crippen molar-refractivity contribution in [3.8, 4) is 11.5 Å². The number of benzene rings is 2. The summed E-state index contributed by atoms with van der Waals surface area (Å²) in [6.45, 7) is 3.44. The highest BCUT2D eigenvalue weighted by atomic mass is 79.9. The Labute approximate surface area is 123 Å². The maximum atomic E-state index is 13.4. The number of nitro groups is 1. The first-order chi connectivity index (χ1) is 9.38. The van der Waals surface area contributed by atoms with Crippen molar-refractivity contribution in [1.29, 1.82) is 0 Å². The van der Waals surface area contributed by atoms with Gasteiger partial charge in [-0.25, -0.2) is 4.39 Å². The van der Waals surface area contributed by atoms with Gasteiger partial charge in [0.25, 0.3) is 0 Å². The van der Waals surface area contributed by atoms with Gasteiger partial charge in [-0.1, -0.05) is 6.07 Å². The van der Waals surface area contributed by atoms with Crippen molar-refractivity contribution in [1.82, 2.24) is 0 Å². The minimum absolute atomic E-state index is 0.0125. The van der Waals surface area contributed by atoms with Crippen molar-refractivity contribution in [3.63, 3.8) is 0 Å². The first-order valence-electron chi connectivity index (χ1n) is 5.77. The monoisotopic (exact) mass is 339 g/mol. The number of ether oxygens (including phenoxy) is 1. The first-order valence-corrected chi connectivity index (χ1v) is 6.56. The molecular weight excluding hydrogens is 329 g/mol. The van der Waals surface area contributed by atoms with E-state index in [1.54, 1.807) is 6.07 Å². The summed E-state index contributed by atoms with van der Waals surface area (Å²) >= 11 is 3.33. The van der Waals surface area contributed by atoms with Crippen LogP contribution in [0.1, 0.15) is 11.1 Å². The van der Waals surface area contributed by atoms with Crippen LogP contribution >= 0.6 is 15.9 Å². The molecule has 0 aliphatic heterocycles. The van der Waals surface area contributed by atoms with Gasteiger partial charge in [0.05, 0.1) is 15.5 Å². The molecule has 0 atom stereocenters. The molecule has 0 aliphatic carbocycles. The Morgan fingerprint density at radius 2 is 1.90 bits per heavy atom. The zero-order valence-electron chi connectivity index (χ0n) is 10.8. The molecule has 4 nitrogen and oxygen atoms in total. The van der Waals surface area contributed by atoms with Crippen LogP contribution in [-0.4, -0.2) is 4.92 Å². The average Bonchev–Trinajstić information content (AvgIpc) is 2.36. The molecule has 20 heavy (non-hydrogen) atoms. The summed E-state index contributed by atoms with van der Waals surface area (Å²) in [5.41, 5.74) is 0.906. The van der Waals surface area contributed by atoms with Crippen LogP contribution in [0.25, 0.3) is 0 Å². The van der Waals surface area contributed by atoms with Crippen LogP contribution in [0.5, 0.6) is 11.5 Å². The van der Waals surface area contributed by atoms with Crippen molar-refractivity contribution in [3.05, 3.63) is 61.9 Å². The van der Waals surface area contributed by atoms with E-state index < -0.39 is 16.4 Å². The van der Waals surface area contributed by atoms with Crippen LogP contribution < -0.4 is 4.74 Å². The van der Waals surface area contributed by atoms with E-state index in [0.717, 1.165) is 11.6 Å². The smallest absolute Gasteiger partial charge is 0.314 e. The lowest BCUT2D eigenvalue weighted by atomic mass is 10.2. The number of halogens is 2. The van der Waals surface area contributed by atoms with Gasteiger partial charge >= 0.3 is 5.69 Å². The fraction of sp³-hybridized carbons (Fsp3) is 0.143. The summed E-state index contributed by atoms with van der Waals surface area (Å²) in [7, 11) is 0. The highest BCUT2D eigenvalue weighted by Gasteiger charge is 2.19. The summed E-state index contributed by atoms with van der Waals surface area (Å²) in [5, 5.41) is 11.0. The number of nitro benzene ring substituents is 1. The van der Waals surface area contributed by atoms with E-state index in [2.05, 4.69) is 15.9 Å². The molecule has 0 fully saturated rings. The summed E-state index contributed by atoms with van der Waals surface area (Å²) in [6.07, 6.45) is 0. The Balaban J connectivity index is 2.47. The van der Waals surface area contributed by atoms with E-state index in [-0.39, 0.29) is 11.3 Å². The van der Waals surface area contributed by atoms with Crippen molar-refractivity contribution in [2.45, 2.75) is 13.8 Å². The molecule has 0 radical (unpaired) electrons. The third-order valence-electron chi connectivity index (χ3n) is 2.74. The van der Waals surface area contributed by atoms with E-state index in [1.807, 2.05) is 19.1 Å². The Bertz CT molecular complexity index is 688. The second-order valence-electron chi connectivity index (χ2n) is 4.36. The van der Waals surface area contributed by atoms with Crippen LogP contribution in [0.15, 0.2) is 34.8 Å². The van der Waals surface area contributed by atoms with Crippen molar-refractivity contribution < 1.29 is 14.1 Å². The van der Waals surface area contributed by atoms with Gasteiger partial charge in [-0.15, -0.1) is 0 Å². The molecule has 0 aromatic heterocycles. The molecule has 104 valence electrons. The number of hydrogen-bond acceptors (Lipinski definition) is 3. The van der Waals surface area contributed by atoms with Gasteiger partial charge in [-0.2, -0.15) is 0 Å². The van der Waals surface area contributed by atoms with Crippen molar-refractivity contribution >= 4 is 21.6 Å². The van der Waals surface area contributed by atoms with E-state index >= 15 is 0 Å². The average molecular weight is 340 g/mol. The Kier molecular flexibility index (Phi) is 4.04. The highest BCUT2D eigenvalue weighted by molar-refractivity contribution is 9.10. The summed E-state index contributed by atoms with van der Waals surface area (Å²) in [4.78, 5) is 10.3. The zero-order valence-corrected chi connectivity index (χ0v) is 12.4. The van der Waals surface area contributed by atoms with Crippen LogP contribution in [0.4, 0.5) is 10.1 Å². The molecule has 0 unspecified atom stereocenters. The molecule has 0 aliphatic rings. The molecule has 0 bridgehead atoms. The molecule has 0 spiro atoms. The Hall–Kier alpha value is -1.95. The minimum Gasteiger partial charge on any atom is -0.449 e. The molecule has 0 saturated carbocycles. The van der Waals surface area contributed by atoms with Crippen LogP contribution in [0.2, 0.25) is 0 Å². The van der Waals surface area contributed by atoms with E-state index in [9.17, 15) is 14.5 Å². The highest BCUT2D eigenvalue weighted by Crippen LogP contribution is 2.36. The summed E-state index contributed by atoms with van der Waals surface area (Å²) in [5.74, 6) is -0.185. The molecule has 0 saturated heterocycles. The number of aryl methyl sites for hydroxylation is 2. The SMILES string of the molecule is Cc1ccc(Oc2cc(C)c(F)cc2[N+](=O)[O-])c(Br)c1. The topological polar surface area (TPSA) is 52.4 Å². The van der Waals surface area contributed by atoms with E-state index in [1.165, 1.54) is 13.0 Å². The molecule has 0 heterocycles. The van der Waals surface area contributed by atoms with Crippen LogP contribution in [0.3, 0.4) is 0 Å². The van der Waals surface area contributed by atoms with Gasteiger partial charge < -0.3 is 4.74 Å². The van der Waals surface area contributed by atoms with Gasteiger partial charge in [0.1, 0.15) is 11.6 Å². The number of hydrogen-bond donors (Lipinski definition) is 0. The molecule has 0 amide bonds. The van der Waals surface area contributed by atoms with Gasteiger partial charge in [0.15, 0.2) is 0 Å². The fourth-order valence-corrected chi connectivity index (χ4v) is 2.25. The maximum absolute atomic E-state index is 13.4. The van der Waals surface area contributed by atoms with Gasteiger partial charge in [-0.05, 0) is 59.1 Å². The predicted molar refractivity (Wildman–Crippen MR) is 76.7 cm³/mol. The maximum Gasteiger partial charge on any atom is 0.314 e. The molecule has 6 heteroatoms. The van der Waals surface area contributed by atoms with Gasteiger partial charge in [-0.3, -0.25) is 10.1 Å². The van der Waals surface area contributed by atoms with Gasteiger partial charge in [0.2, 0.25) is 5.75 Å². The Morgan fingerprint density at radius 3 is 2.50 bits per heavy atom. The lowest BCUT2D eigenvalue weighted by molar-refractivity contribution is -0.385. The predicted octanol–water partition coefficient (Wildman–Crippen LogP) is 4.91. The summed E-state index contributed by atoms with van der Waals surface area (Å²) in [6, 6.07) is 7.54. The fourth-order valence-electron chi connectivity index (χ4n) is 1.68. The van der Waals surface area contributed by atoms with Crippen molar-refractivity contribution in [2.75, 3.05) is 0 Å². The third-order valence-corrected chi connectivity index (χ3v) is 3.36. The summed E-state index contributed by atoms with van der Waals surface area (Å²) < 4.78 is 19.6. The largest absolute Gasteiger partial charge is 0.449 e. The zero-order chi connectivity index (χ0) is 14.9. The van der Waals surface area contributed by atoms with Gasteiger partial charge in [0, 0.05) is 0 Å². The molecule has 2 aromatic carbocycles. The quantitative estimate of drug-likeness (QED) is 0.589. The van der Waals surface area contributed by atoms with E-state index in [4.69, 9.17) is 4.74 Å². The molecule has 2 aromatic rings. The Morgan fingerprint density at radius 1 is 1.20 bits per heavy atom. The number of rotatable bonds is 3. The third kappa shape index (κ3) is 2.96. The normalized spacial score (nSPS) is 10.4. The molecule has 2 rings (SSSR count).